The first-order valence-corrected chi connectivity index (χ1v) is 11.4. The second-order valence-corrected chi connectivity index (χ2v) is 8.50. The average molecular weight is 534 g/mol. The number of nitrogens with zero attached hydrogens (tertiary/aromatic N) is 3. The van der Waals surface area contributed by atoms with E-state index in [1.54, 1.807) is 0 Å². The summed E-state index contributed by atoms with van der Waals surface area (Å²) in [5.41, 5.74) is 3.65. The average Bonchev–Trinajstić information content (AvgIpc) is 2.80. The molecule has 0 aliphatic carbocycles. The molecule has 0 radical (unpaired) electrons. The number of rotatable bonds is 5. The predicted octanol–water partition coefficient (Wildman–Crippen LogP) is 4.72. The molecule has 2 saturated heterocycles. The van der Waals surface area contributed by atoms with E-state index in [4.69, 9.17) is 4.99 Å². The first-order valence-electron chi connectivity index (χ1n) is 11.4. The fourth-order valence-electron chi connectivity index (χ4n) is 4.23. The number of hydrogen-bond acceptors (Lipinski definition) is 3. The molecule has 2 aliphatic heterocycles. The van der Waals surface area contributed by atoms with Crippen molar-refractivity contribution in [1.82, 2.24) is 9.80 Å². The fraction of sp³-hybridized carbons (Fsp3) is 0.480. The van der Waals surface area contributed by atoms with E-state index in [-0.39, 0.29) is 30.1 Å². The standard InChI is InChI=1S/C25H34N4O.HI/c30-24-13-17-28(18-14-24)20-22-11-9-21(10-12-22)19-26-25(29-15-5-2-6-16-29)27-23-7-3-1-4-8-23;/h1,3-4,7-12,24,30H,2,5-6,13-20H2,(H,26,27);1H. The number of anilines is 1. The van der Waals surface area contributed by atoms with E-state index in [2.05, 4.69) is 63.6 Å². The number of aliphatic imine (C=N–C) groups is 1. The Bertz CT molecular complexity index is 798. The summed E-state index contributed by atoms with van der Waals surface area (Å²) in [6.07, 6.45) is 5.45. The van der Waals surface area contributed by atoms with Crippen molar-refractivity contribution >= 4 is 35.6 Å². The lowest BCUT2D eigenvalue weighted by molar-refractivity contribution is 0.0792. The molecule has 2 aliphatic rings. The number of guanidine groups is 1. The number of halogens is 1. The van der Waals surface area contributed by atoms with Gasteiger partial charge in [0.1, 0.15) is 0 Å². The first kappa shape index (κ1) is 24.0. The Kier molecular flexibility index (Phi) is 9.61. The van der Waals surface area contributed by atoms with E-state index < -0.39 is 0 Å². The van der Waals surface area contributed by atoms with Crippen molar-refractivity contribution in [2.75, 3.05) is 31.5 Å². The molecule has 168 valence electrons. The highest BCUT2D eigenvalue weighted by Gasteiger charge is 2.17. The molecule has 0 bridgehead atoms. The Morgan fingerprint density at radius 2 is 1.52 bits per heavy atom. The molecule has 2 aromatic rings. The predicted molar refractivity (Wildman–Crippen MR) is 139 cm³/mol. The van der Waals surface area contributed by atoms with Crippen molar-refractivity contribution in [3.05, 3.63) is 65.7 Å². The van der Waals surface area contributed by atoms with Crippen molar-refractivity contribution in [2.45, 2.75) is 51.3 Å². The quantitative estimate of drug-likeness (QED) is 0.332. The molecule has 0 spiro atoms. The molecule has 2 heterocycles. The number of nitrogens with one attached hydrogen (secondary N) is 1. The van der Waals surface area contributed by atoms with Gasteiger partial charge in [-0.15, -0.1) is 24.0 Å². The summed E-state index contributed by atoms with van der Waals surface area (Å²) in [7, 11) is 0. The minimum absolute atomic E-state index is 0. The third-order valence-electron chi connectivity index (χ3n) is 6.08. The van der Waals surface area contributed by atoms with Gasteiger partial charge in [-0.2, -0.15) is 0 Å². The highest BCUT2D eigenvalue weighted by molar-refractivity contribution is 14.0. The van der Waals surface area contributed by atoms with Crippen LogP contribution in [0.5, 0.6) is 0 Å². The third kappa shape index (κ3) is 7.47. The Labute approximate surface area is 203 Å². The van der Waals surface area contributed by atoms with Gasteiger partial charge in [0, 0.05) is 38.4 Å². The molecule has 0 saturated carbocycles. The van der Waals surface area contributed by atoms with Gasteiger partial charge in [-0.1, -0.05) is 42.5 Å². The highest BCUT2D eigenvalue weighted by atomic mass is 127. The molecule has 0 amide bonds. The van der Waals surface area contributed by atoms with Crippen LogP contribution in [0.25, 0.3) is 0 Å². The SMILES string of the molecule is I.OC1CCN(Cc2ccc(CN=C(Nc3ccccc3)N3CCCCC3)cc2)CC1. The summed E-state index contributed by atoms with van der Waals surface area (Å²) in [5.74, 6) is 0.983. The van der Waals surface area contributed by atoms with Crippen LogP contribution in [-0.4, -0.2) is 53.1 Å². The zero-order valence-electron chi connectivity index (χ0n) is 18.2. The Morgan fingerprint density at radius 3 is 2.19 bits per heavy atom. The van der Waals surface area contributed by atoms with Crippen LogP contribution < -0.4 is 5.32 Å². The maximum atomic E-state index is 9.67. The maximum Gasteiger partial charge on any atom is 0.198 e. The van der Waals surface area contributed by atoms with E-state index in [0.717, 1.165) is 57.2 Å². The lowest BCUT2D eigenvalue weighted by Crippen LogP contribution is -2.40. The summed E-state index contributed by atoms with van der Waals surface area (Å²) in [5, 5.41) is 13.2. The molecule has 6 heteroatoms. The fourth-order valence-corrected chi connectivity index (χ4v) is 4.23. The van der Waals surface area contributed by atoms with Gasteiger partial charge in [-0.05, 0) is 55.4 Å². The summed E-state index contributed by atoms with van der Waals surface area (Å²) < 4.78 is 0. The topological polar surface area (TPSA) is 51.1 Å². The van der Waals surface area contributed by atoms with Crippen LogP contribution in [0.3, 0.4) is 0 Å². The van der Waals surface area contributed by atoms with Crippen molar-refractivity contribution < 1.29 is 5.11 Å². The maximum absolute atomic E-state index is 9.67. The van der Waals surface area contributed by atoms with Gasteiger partial charge in [-0.25, -0.2) is 4.99 Å². The van der Waals surface area contributed by atoms with Gasteiger partial charge in [0.05, 0.1) is 12.6 Å². The first-order chi connectivity index (χ1) is 14.8. The van der Waals surface area contributed by atoms with Crippen LogP contribution in [0.4, 0.5) is 5.69 Å². The summed E-state index contributed by atoms with van der Waals surface area (Å²) in [4.78, 5) is 9.77. The molecule has 2 aromatic carbocycles. The van der Waals surface area contributed by atoms with Gasteiger partial charge >= 0.3 is 0 Å². The molecule has 4 rings (SSSR count). The van der Waals surface area contributed by atoms with Gasteiger partial charge < -0.3 is 15.3 Å². The molecular weight excluding hydrogens is 499 g/mol. The molecule has 2 fully saturated rings. The second-order valence-electron chi connectivity index (χ2n) is 8.50. The van der Waals surface area contributed by atoms with Crippen LogP contribution in [0, 0.1) is 0 Å². The molecule has 0 atom stereocenters. The summed E-state index contributed by atoms with van der Waals surface area (Å²) >= 11 is 0. The van der Waals surface area contributed by atoms with Crippen molar-refractivity contribution in [2.24, 2.45) is 4.99 Å². The normalized spacial score (nSPS) is 18.5. The number of piperidine rings is 2. The smallest absolute Gasteiger partial charge is 0.198 e. The van der Waals surface area contributed by atoms with E-state index >= 15 is 0 Å². The summed E-state index contributed by atoms with van der Waals surface area (Å²) in [6, 6.07) is 19.2. The van der Waals surface area contributed by atoms with Gasteiger partial charge in [0.25, 0.3) is 0 Å². The van der Waals surface area contributed by atoms with Crippen LogP contribution in [-0.2, 0) is 13.1 Å². The molecule has 0 unspecified atom stereocenters. The van der Waals surface area contributed by atoms with Gasteiger partial charge in [0.2, 0.25) is 0 Å². The number of hydrogen-bond donors (Lipinski definition) is 2. The lowest BCUT2D eigenvalue weighted by Gasteiger charge is -2.30. The molecule has 0 aromatic heterocycles. The highest BCUT2D eigenvalue weighted by Crippen LogP contribution is 2.16. The minimum atomic E-state index is -0.111. The van der Waals surface area contributed by atoms with E-state index in [9.17, 15) is 5.11 Å². The van der Waals surface area contributed by atoms with Crippen LogP contribution in [0.1, 0.15) is 43.2 Å². The number of aliphatic hydroxyl groups is 1. The largest absolute Gasteiger partial charge is 0.393 e. The molecule has 31 heavy (non-hydrogen) atoms. The van der Waals surface area contributed by atoms with E-state index in [0.29, 0.717) is 6.54 Å². The Morgan fingerprint density at radius 1 is 0.871 bits per heavy atom. The molecule has 5 nitrogen and oxygen atoms in total. The number of benzene rings is 2. The third-order valence-corrected chi connectivity index (χ3v) is 6.08. The number of aliphatic hydroxyl groups excluding tert-OH is 1. The van der Waals surface area contributed by atoms with Gasteiger partial charge in [-0.3, -0.25) is 4.90 Å². The number of para-hydroxylation sites is 1. The van der Waals surface area contributed by atoms with Gasteiger partial charge in [0.15, 0.2) is 5.96 Å². The monoisotopic (exact) mass is 534 g/mol. The zero-order chi connectivity index (χ0) is 20.6. The van der Waals surface area contributed by atoms with Crippen molar-refractivity contribution in [1.29, 1.82) is 0 Å². The lowest BCUT2D eigenvalue weighted by atomic mass is 10.1. The van der Waals surface area contributed by atoms with Crippen molar-refractivity contribution in [3.8, 4) is 0 Å². The molecular formula is C25H35IN4O. The minimum Gasteiger partial charge on any atom is -0.393 e. The van der Waals surface area contributed by atoms with Crippen molar-refractivity contribution in [3.63, 3.8) is 0 Å². The van der Waals surface area contributed by atoms with Crippen LogP contribution in [0.2, 0.25) is 0 Å². The zero-order valence-corrected chi connectivity index (χ0v) is 20.6. The Hall–Kier alpha value is -1.64. The Balaban J connectivity index is 0.00000272. The summed E-state index contributed by atoms with van der Waals surface area (Å²) in [6.45, 7) is 5.76. The van der Waals surface area contributed by atoms with Crippen LogP contribution >= 0.6 is 24.0 Å². The second kappa shape index (κ2) is 12.4. The molecule has 2 N–H and O–H groups in total. The number of likely N-dealkylation sites (tertiary alicyclic amines) is 2. The van der Waals surface area contributed by atoms with E-state index in [1.807, 2.05) is 6.07 Å². The van der Waals surface area contributed by atoms with Crippen LogP contribution in [0.15, 0.2) is 59.6 Å². The van der Waals surface area contributed by atoms with E-state index in [1.165, 1.54) is 30.4 Å².